The van der Waals surface area contributed by atoms with Crippen molar-refractivity contribution in [2.75, 3.05) is 0 Å². The van der Waals surface area contributed by atoms with Crippen LogP contribution in [-0.2, 0) is 11.2 Å². The van der Waals surface area contributed by atoms with Crippen LogP contribution in [0.5, 0.6) is 0 Å². The van der Waals surface area contributed by atoms with Gasteiger partial charge in [0.15, 0.2) is 0 Å². The number of hydrogen-bond donors (Lipinski definition) is 0. The normalized spacial score (nSPS) is 9.00. The van der Waals surface area contributed by atoms with Gasteiger partial charge in [-0.05, 0) is 0 Å². The molecule has 0 fully saturated rings. The van der Waals surface area contributed by atoms with Crippen molar-refractivity contribution in [2.24, 2.45) is 0 Å². The van der Waals surface area contributed by atoms with Crippen LogP contribution in [0.3, 0.4) is 0 Å². The van der Waals surface area contributed by atoms with E-state index in [9.17, 15) is 4.79 Å². The van der Waals surface area contributed by atoms with Crippen molar-refractivity contribution in [3.8, 4) is 0 Å². The molecule has 0 aliphatic carbocycles. The molecule has 0 aliphatic heterocycles. The van der Waals surface area contributed by atoms with E-state index in [-0.39, 0.29) is 0 Å². The van der Waals surface area contributed by atoms with E-state index in [0.29, 0.717) is 20.9 Å². The molecule has 8 heavy (non-hydrogen) atoms. The number of aldehydes is 1. The molecule has 0 spiro atoms. The van der Waals surface area contributed by atoms with E-state index in [4.69, 9.17) is 0 Å². The molecule has 0 N–H and O–H groups in total. The van der Waals surface area contributed by atoms with Crippen molar-refractivity contribution in [3.63, 3.8) is 0 Å². The Morgan fingerprint density at radius 2 is 2.62 bits per heavy atom. The Hall–Kier alpha value is -0.331. The Morgan fingerprint density at radius 3 is 3.12 bits per heavy atom. The summed E-state index contributed by atoms with van der Waals surface area (Å²) in [5.74, 6) is 0. The van der Waals surface area contributed by atoms with Crippen molar-refractivity contribution in [2.45, 2.75) is 6.42 Å². The number of carbonyl (C=O) groups is 1. The van der Waals surface area contributed by atoms with E-state index in [1.807, 2.05) is 12.1 Å². The summed E-state index contributed by atoms with van der Waals surface area (Å²) in [5.41, 5.74) is 0. The molecule has 0 aliphatic rings. The fourth-order valence-electron chi connectivity index (χ4n) is 0.511. The van der Waals surface area contributed by atoms with Gasteiger partial charge < -0.3 is 0 Å². The average molecular weight is 173 g/mol. The molecule has 1 rings (SSSR count). The molecular weight excluding hydrogens is 167 g/mol. The SMILES string of the molecule is O=CCc1ccc[se]1. The first-order valence-electron chi connectivity index (χ1n) is 2.39. The molecule has 0 saturated carbocycles. The Labute approximate surface area is 54.1 Å². The zero-order valence-electron chi connectivity index (χ0n) is 4.33. The van der Waals surface area contributed by atoms with Gasteiger partial charge in [0.25, 0.3) is 0 Å². The number of carbonyl (C=O) groups excluding carboxylic acids is 1. The maximum atomic E-state index is 9.90. The van der Waals surface area contributed by atoms with Gasteiger partial charge in [0, 0.05) is 0 Å². The number of rotatable bonds is 2. The molecule has 1 aromatic heterocycles. The summed E-state index contributed by atoms with van der Waals surface area (Å²) in [6.45, 7) is 0. The van der Waals surface area contributed by atoms with Crippen LogP contribution in [-0.4, -0.2) is 20.8 Å². The predicted octanol–water partition coefficient (Wildman–Crippen LogP) is 0.485. The van der Waals surface area contributed by atoms with Crippen LogP contribution in [0, 0.1) is 0 Å². The second-order valence-corrected chi connectivity index (χ2v) is 3.62. The first-order valence-corrected chi connectivity index (χ1v) is 4.24. The van der Waals surface area contributed by atoms with Gasteiger partial charge in [-0.2, -0.15) is 0 Å². The molecule has 0 bridgehead atoms. The summed E-state index contributed by atoms with van der Waals surface area (Å²) in [6.07, 6.45) is 1.59. The molecule has 2 heteroatoms. The van der Waals surface area contributed by atoms with E-state index in [0.717, 1.165) is 6.29 Å². The van der Waals surface area contributed by atoms with Gasteiger partial charge >= 0.3 is 53.5 Å². The third kappa shape index (κ3) is 1.32. The second kappa shape index (κ2) is 2.85. The van der Waals surface area contributed by atoms with Crippen LogP contribution in [0.15, 0.2) is 17.1 Å². The maximum absolute atomic E-state index is 9.90. The first-order chi connectivity index (χ1) is 3.93. The third-order valence-corrected chi connectivity index (χ3v) is 2.75. The van der Waals surface area contributed by atoms with Gasteiger partial charge in [0.2, 0.25) is 0 Å². The summed E-state index contributed by atoms with van der Waals surface area (Å²) in [5, 5.41) is 0. The predicted molar refractivity (Wildman–Crippen MR) is 33.1 cm³/mol. The zero-order chi connectivity index (χ0) is 5.82. The van der Waals surface area contributed by atoms with E-state index in [1.165, 1.54) is 4.44 Å². The molecule has 0 saturated heterocycles. The van der Waals surface area contributed by atoms with Gasteiger partial charge in [-0.25, -0.2) is 0 Å². The Bertz CT molecular complexity index is 155. The van der Waals surface area contributed by atoms with Crippen LogP contribution in [0.1, 0.15) is 4.44 Å². The molecular formula is C6H6OSe. The van der Waals surface area contributed by atoms with Crippen LogP contribution in [0.4, 0.5) is 0 Å². The van der Waals surface area contributed by atoms with Gasteiger partial charge in [-0.1, -0.05) is 0 Å². The molecule has 0 radical (unpaired) electrons. The summed E-state index contributed by atoms with van der Waals surface area (Å²) >= 11 is 0.487. The van der Waals surface area contributed by atoms with Crippen LogP contribution in [0.2, 0.25) is 0 Å². The standard InChI is InChI=1S/C6H6OSe/c7-4-3-6-2-1-5-8-6/h1-2,4-5H,3H2. The van der Waals surface area contributed by atoms with Crippen molar-refractivity contribution >= 4 is 20.8 Å². The Morgan fingerprint density at radius 1 is 1.75 bits per heavy atom. The Balaban J connectivity index is 2.62. The van der Waals surface area contributed by atoms with Crippen molar-refractivity contribution in [3.05, 3.63) is 21.5 Å². The van der Waals surface area contributed by atoms with Gasteiger partial charge in [0.05, 0.1) is 0 Å². The van der Waals surface area contributed by atoms with Crippen LogP contribution in [0.25, 0.3) is 0 Å². The van der Waals surface area contributed by atoms with E-state index in [1.54, 1.807) is 0 Å². The molecule has 0 unspecified atom stereocenters. The average Bonchev–Trinajstić information content (AvgIpc) is 2.19. The van der Waals surface area contributed by atoms with Crippen molar-refractivity contribution in [1.82, 2.24) is 0 Å². The van der Waals surface area contributed by atoms with Gasteiger partial charge in [-0.15, -0.1) is 0 Å². The summed E-state index contributed by atoms with van der Waals surface area (Å²) in [4.78, 5) is 12.0. The molecule has 1 heterocycles. The van der Waals surface area contributed by atoms with E-state index >= 15 is 0 Å². The minimum atomic E-state index is 0.487. The topological polar surface area (TPSA) is 17.1 Å². The summed E-state index contributed by atoms with van der Waals surface area (Å²) in [7, 11) is 0. The van der Waals surface area contributed by atoms with E-state index < -0.39 is 0 Å². The quantitative estimate of drug-likeness (QED) is 0.469. The zero-order valence-corrected chi connectivity index (χ0v) is 6.05. The van der Waals surface area contributed by atoms with Crippen molar-refractivity contribution in [1.29, 1.82) is 0 Å². The number of hydrogen-bond acceptors (Lipinski definition) is 1. The third-order valence-electron chi connectivity index (χ3n) is 0.865. The van der Waals surface area contributed by atoms with E-state index in [2.05, 4.69) is 4.94 Å². The summed E-state index contributed by atoms with van der Waals surface area (Å²) in [6, 6.07) is 4.03. The first kappa shape index (κ1) is 5.80. The van der Waals surface area contributed by atoms with Crippen LogP contribution < -0.4 is 0 Å². The van der Waals surface area contributed by atoms with Crippen molar-refractivity contribution < 1.29 is 4.79 Å². The fourth-order valence-corrected chi connectivity index (χ4v) is 1.88. The van der Waals surface area contributed by atoms with Gasteiger partial charge in [-0.3, -0.25) is 0 Å². The molecule has 0 aromatic carbocycles. The molecule has 1 nitrogen and oxygen atoms in total. The molecule has 0 atom stereocenters. The van der Waals surface area contributed by atoms with Crippen LogP contribution >= 0.6 is 0 Å². The van der Waals surface area contributed by atoms with Gasteiger partial charge in [0.1, 0.15) is 0 Å². The molecule has 1 aromatic rings. The Kier molecular flexibility index (Phi) is 2.07. The second-order valence-electron chi connectivity index (χ2n) is 1.45. The summed E-state index contributed by atoms with van der Waals surface area (Å²) < 4.78 is 1.28. The monoisotopic (exact) mass is 174 g/mol. The minimum absolute atomic E-state index is 0.487. The fraction of sp³-hybridized carbons (Fsp3) is 0.167. The molecule has 42 valence electrons. The molecule has 0 amide bonds.